The van der Waals surface area contributed by atoms with Gasteiger partial charge in [-0.2, -0.15) is 0 Å². The molecule has 0 fully saturated rings. The van der Waals surface area contributed by atoms with Crippen molar-refractivity contribution < 1.29 is 14.9 Å². The second-order valence-electron chi connectivity index (χ2n) is 3.64. The van der Waals surface area contributed by atoms with Gasteiger partial charge in [0.1, 0.15) is 0 Å². The third-order valence-corrected chi connectivity index (χ3v) is 2.57. The Morgan fingerprint density at radius 1 is 1.23 bits per heavy atom. The molecule has 0 aromatic carbocycles. The Kier molecular flexibility index (Phi) is 5.53. The van der Waals surface area contributed by atoms with Gasteiger partial charge in [0.25, 0.3) is 0 Å². The Morgan fingerprint density at radius 2 is 1.69 bits per heavy atom. The fraction of sp³-hybridized carbons (Fsp3) is 1.00. The molecule has 2 unspecified atom stereocenters. The molecule has 0 bridgehead atoms. The summed E-state index contributed by atoms with van der Waals surface area (Å²) in [6, 6.07) is 0. The topological polar surface area (TPSA) is 49.7 Å². The van der Waals surface area contributed by atoms with Crippen LogP contribution in [0.4, 0.5) is 0 Å². The van der Waals surface area contributed by atoms with Crippen molar-refractivity contribution in [2.45, 2.75) is 58.3 Å². The second kappa shape index (κ2) is 5.58. The normalized spacial score (nSPS) is 17.1. The van der Waals surface area contributed by atoms with Crippen LogP contribution >= 0.6 is 0 Å². The van der Waals surface area contributed by atoms with Crippen LogP contribution in [-0.2, 0) is 4.74 Å². The van der Waals surface area contributed by atoms with Crippen molar-refractivity contribution in [2.24, 2.45) is 0 Å². The van der Waals surface area contributed by atoms with Crippen molar-refractivity contribution in [1.82, 2.24) is 0 Å². The zero-order valence-corrected chi connectivity index (χ0v) is 9.08. The quantitative estimate of drug-likeness (QED) is 0.664. The van der Waals surface area contributed by atoms with E-state index in [-0.39, 0.29) is 12.7 Å². The molecule has 2 N–H and O–H groups in total. The van der Waals surface area contributed by atoms with Gasteiger partial charge in [-0.15, -0.1) is 0 Å². The van der Waals surface area contributed by atoms with E-state index >= 15 is 0 Å². The summed E-state index contributed by atoms with van der Waals surface area (Å²) in [5, 5.41) is 19.0. The van der Waals surface area contributed by atoms with Crippen LogP contribution < -0.4 is 0 Å². The van der Waals surface area contributed by atoms with E-state index in [1.165, 1.54) is 0 Å². The first-order valence-electron chi connectivity index (χ1n) is 4.98. The molecule has 0 spiro atoms. The average Bonchev–Trinajstić information content (AvgIpc) is 2.12. The molecule has 3 nitrogen and oxygen atoms in total. The minimum Gasteiger partial charge on any atom is -0.391 e. The van der Waals surface area contributed by atoms with E-state index in [2.05, 4.69) is 0 Å². The summed E-state index contributed by atoms with van der Waals surface area (Å²) in [4.78, 5) is 0. The van der Waals surface area contributed by atoms with Crippen LogP contribution in [-0.4, -0.2) is 34.6 Å². The maximum atomic E-state index is 10.0. The van der Waals surface area contributed by atoms with Gasteiger partial charge in [0, 0.05) is 0 Å². The monoisotopic (exact) mass is 190 g/mol. The number of ether oxygens (including phenoxy) is 1. The molecule has 0 rings (SSSR count). The third-order valence-electron chi connectivity index (χ3n) is 2.57. The van der Waals surface area contributed by atoms with E-state index in [1.807, 2.05) is 20.8 Å². The summed E-state index contributed by atoms with van der Waals surface area (Å²) in [5.41, 5.74) is -0.755. The largest absolute Gasteiger partial charge is 0.391 e. The van der Waals surface area contributed by atoms with Gasteiger partial charge < -0.3 is 14.9 Å². The first-order valence-corrected chi connectivity index (χ1v) is 4.98. The zero-order chi connectivity index (χ0) is 10.5. The lowest BCUT2D eigenvalue weighted by Gasteiger charge is -2.32. The van der Waals surface area contributed by atoms with E-state index in [0.717, 1.165) is 0 Å². The summed E-state index contributed by atoms with van der Waals surface area (Å²) in [6.45, 7) is 7.67. The first kappa shape index (κ1) is 12.9. The maximum Gasteiger partial charge on any atom is 0.0900 e. The van der Waals surface area contributed by atoms with Crippen LogP contribution in [0.5, 0.6) is 0 Å². The highest BCUT2D eigenvalue weighted by Gasteiger charge is 2.30. The lowest BCUT2D eigenvalue weighted by molar-refractivity contribution is -0.117. The lowest BCUT2D eigenvalue weighted by atomic mass is 9.92. The van der Waals surface area contributed by atoms with Crippen molar-refractivity contribution >= 4 is 0 Å². The highest BCUT2D eigenvalue weighted by atomic mass is 16.5. The van der Waals surface area contributed by atoms with E-state index in [0.29, 0.717) is 12.8 Å². The van der Waals surface area contributed by atoms with Crippen LogP contribution in [0.2, 0.25) is 0 Å². The molecule has 3 heteroatoms. The number of hydrogen-bond acceptors (Lipinski definition) is 3. The summed E-state index contributed by atoms with van der Waals surface area (Å²) >= 11 is 0. The standard InChI is InChI=1S/C10H22O3/c1-5-10(12,6-2)9(4)13-7-8(3)11/h8-9,11-12H,5-7H2,1-4H3. The van der Waals surface area contributed by atoms with E-state index in [4.69, 9.17) is 9.84 Å². The molecule has 80 valence electrons. The second-order valence-corrected chi connectivity index (χ2v) is 3.64. The molecule has 0 amide bonds. The molecule has 0 aliphatic heterocycles. The predicted octanol–water partition coefficient (Wildman–Crippen LogP) is 1.32. The molecule has 0 saturated carbocycles. The van der Waals surface area contributed by atoms with Gasteiger partial charge in [-0.1, -0.05) is 13.8 Å². The van der Waals surface area contributed by atoms with Crippen molar-refractivity contribution in [3.8, 4) is 0 Å². The zero-order valence-electron chi connectivity index (χ0n) is 9.08. The third kappa shape index (κ3) is 4.07. The van der Waals surface area contributed by atoms with Crippen molar-refractivity contribution in [2.75, 3.05) is 6.61 Å². The Balaban J connectivity index is 3.99. The number of rotatable bonds is 6. The summed E-state index contributed by atoms with van der Waals surface area (Å²) in [5.74, 6) is 0. The molecule has 0 aliphatic carbocycles. The van der Waals surface area contributed by atoms with Gasteiger partial charge in [0.2, 0.25) is 0 Å². The SMILES string of the molecule is CCC(O)(CC)C(C)OCC(C)O. The summed E-state index contributed by atoms with van der Waals surface area (Å²) in [7, 11) is 0. The molecule has 0 heterocycles. The molecule has 0 aliphatic rings. The van der Waals surface area contributed by atoms with Crippen LogP contribution in [0.25, 0.3) is 0 Å². The Labute approximate surface area is 80.7 Å². The van der Waals surface area contributed by atoms with Gasteiger partial charge in [0.05, 0.1) is 24.4 Å². The minimum absolute atomic E-state index is 0.225. The number of aliphatic hydroxyl groups is 2. The van der Waals surface area contributed by atoms with Crippen molar-refractivity contribution in [3.63, 3.8) is 0 Å². The Hall–Kier alpha value is -0.120. The Morgan fingerprint density at radius 3 is 2.00 bits per heavy atom. The molecular weight excluding hydrogens is 168 g/mol. The number of aliphatic hydroxyl groups excluding tert-OH is 1. The van der Waals surface area contributed by atoms with Crippen LogP contribution in [0.15, 0.2) is 0 Å². The summed E-state index contributed by atoms with van der Waals surface area (Å²) < 4.78 is 5.35. The van der Waals surface area contributed by atoms with Gasteiger partial charge in [-0.3, -0.25) is 0 Å². The molecule has 0 saturated heterocycles. The van der Waals surface area contributed by atoms with Crippen molar-refractivity contribution in [3.05, 3.63) is 0 Å². The van der Waals surface area contributed by atoms with Gasteiger partial charge >= 0.3 is 0 Å². The lowest BCUT2D eigenvalue weighted by Crippen LogP contribution is -2.41. The van der Waals surface area contributed by atoms with Crippen molar-refractivity contribution in [1.29, 1.82) is 0 Å². The van der Waals surface area contributed by atoms with E-state index < -0.39 is 11.7 Å². The van der Waals surface area contributed by atoms with Gasteiger partial charge in [-0.25, -0.2) is 0 Å². The smallest absolute Gasteiger partial charge is 0.0900 e. The highest BCUT2D eigenvalue weighted by molar-refractivity contribution is 4.82. The highest BCUT2D eigenvalue weighted by Crippen LogP contribution is 2.21. The molecule has 0 aromatic heterocycles. The molecule has 0 aromatic rings. The van der Waals surface area contributed by atoms with Crippen LogP contribution in [0, 0.1) is 0 Å². The van der Waals surface area contributed by atoms with Crippen LogP contribution in [0.3, 0.4) is 0 Å². The molecule has 13 heavy (non-hydrogen) atoms. The first-order chi connectivity index (χ1) is 5.96. The van der Waals surface area contributed by atoms with Crippen LogP contribution in [0.1, 0.15) is 40.5 Å². The van der Waals surface area contributed by atoms with E-state index in [9.17, 15) is 5.11 Å². The molecular formula is C10H22O3. The minimum atomic E-state index is -0.755. The number of hydrogen-bond donors (Lipinski definition) is 2. The van der Waals surface area contributed by atoms with Gasteiger partial charge in [0.15, 0.2) is 0 Å². The Bertz CT molecular complexity index is 130. The van der Waals surface area contributed by atoms with Gasteiger partial charge in [-0.05, 0) is 26.7 Å². The predicted molar refractivity (Wildman–Crippen MR) is 52.6 cm³/mol. The summed E-state index contributed by atoms with van der Waals surface area (Å²) in [6.07, 6.45) is 0.645. The van der Waals surface area contributed by atoms with E-state index in [1.54, 1.807) is 6.92 Å². The fourth-order valence-corrected chi connectivity index (χ4v) is 1.26. The molecule has 0 radical (unpaired) electrons. The average molecular weight is 190 g/mol. The fourth-order valence-electron chi connectivity index (χ4n) is 1.26. The maximum absolute atomic E-state index is 10.0. The molecule has 2 atom stereocenters.